The van der Waals surface area contributed by atoms with Gasteiger partial charge in [0.1, 0.15) is 11.4 Å². The lowest BCUT2D eigenvalue weighted by atomic mass is 10.2. The Bertz CT molecular complexity index is 422. The molecule has 92 valence electrons. The zero-order valence-corrected chi connectivity index (χ0v) is 10.1. The van der Waals surface area contributed by atoms with Gasteiger partial charge in [0.25, 0.3) is 0 Å². The van der Waals surface area contributed by atoms with Gasteiger partial charge in [-0.25, -0.2) is 10.2 Å². The molecule has 0 spiro atoms. The van der Waals surface area contributed by atoms with Crippen molar-refractivity contribution in [1.29, 1.82) is 0 Å². The van der Waals surface area contributed by atoms with Crippen LogP contribution >= 0.6 is 0 Å². The lowest BCUT2D eigenvalue weighted by Crippen LogP contribution is -2.29. The first-order valence-corrected chi connectivity index (χ1v) is 5.18. The maximum Gasteiger partial charge on any atom is 0.428 e. The van der Waals surface area contributed by atoms with Crippen LogP contribution in [-0.2, 0) is 4.74 Å². The molecule has 0 atom stereocenters. The highest BCUT2D eigenvalue weighted by molar-refractivity contribution is 5.81. The predicted molar refractivity (Wildman–Crippen MR) is 65.1 cm³/mol. The van der Waals surface area contributed by atoms with E-state index in [-0.39, 0.29) is 5.75 Å². The fourth-order valence-electron chi connectivity index (χ4n) is 1.07. The molecule has 1 aromatic carbocycles. The van der Waals surface area contributed by atoms with Crippen LogP contribution in [0.3, 0.4) is 0 Å². The number of phenols is 1. The number of nitrogens with zero attached hydrogens (tertiary/aromatic N) is 1. The normalized spacial score (nSPS) is 11.5. The Morgan fingerprint density at radius 2 is 2.18 bits per heavy atom. The SMILES string of the molecule is CC(C)(C)OC(=O)N/N=C/c1cccc(O)c1. The first-order valence-electron chi connectivity index (χ1n) is 5.18. The first-order chi connectivity index (χ1) is 7.87. The highest BCUT2D eigenvalue weighted by atomic mass is 16.6. The maximum atomic E-state index is 11.2. The van der Waals surface area contributed by atoms with Gasteiger partial charge in [0.15, 0.2) is 0 Å². The number of aromatic hydroxyl groups is 1. The fourth-order valence-corrected chi connectivity index (χ4v) is 1.07. The molecule has 0 aliphatic heterocycles. The van der Waals surface area contributed by atoms with Gasteiger partial charge in [-0.15, -0.1) is 0 Å². The highest BCUT2D eigenvalue weighted by Gasteiger charge is 2.15. The number of hydrogen-bond acceptors (Lipinski definition) is 4. The second-order valence-electron chi connectivity index (χ2n) is 4.47. The van der Waals surface area contributed by atoms with Crippen LogP contribution in [0.5, 0.6) is 5.75 Å². The van der Waals surface area contributed by atoms with Gasteiger partial charge in [0.05, 0.1) is 6.21 Å². The van der Waals surface area contributed by atoms with E-state index in [1.165, 1.54) is 12.3 Å². The number of carbonyl (C=O) groups is 1. The number of amides is 1. The van der Waals surface area contributed by atoms with Crippen LogP contribution in [0.2, 0.25) is 0 Å². The largest absolute Gasteiger partial charge is 0.508 e. The molecule has 0 heterocycles. The Kier molecular flexibility index (Phi) is 4.09. The van der Waals surface area contributed by atoms with Crippen LogP contribution in [-0.4, -0.2) is 23.0 Å². The first kappa shape index (κ1) is 13.0. The van der Waals surface area contributed by atoms with Crippen molar-refractivity contribution in [2.24, 2.45) is 5.10 Å². The predicted octanol–water partition coefficient (Wildman–Crippen LogP) is 2.25. The zero-order valence-electron chi connectivity index (χ0n) is 10.1. The summed E-state index contributed by atoms with van der Waals surface area (Å²) in [5.41, 5.74) is 2.36. The Hall–Kier alpha value is -2.04. The number of nitrogens with one attached hydrogen (secondary N) is 1. The summed E-state index contributed by atoms with van der Waals surface area (Å²) in [6.45, 7) is 5.31. The van der Waals surface area contributed by atoms with Crippen molar-refractivity contribution in [1.82, 2.24) is 5.43 Å². The molecule has 2 N–H and O–H groups in total. The Labute approximate surface area is 100 Å². The van der Waals surface area contributed by atoms with E-state index in [0.717, 1.165) is 0 Å². The van der Waals surface area contributed by atoms with Gasteiger partial charge in [-0.3, -0.25) is 0 Å². The van der Waals surface area contributed by atoms with Crippen LogP contribution in [0.1, 0.15) is 26.3 Å². The molecule has 0 radical (unpaired) electrons. The number of rotatable bonds is 2. The van der Waals surface area contributed by atoms with E-state index in [1.54, 1.807) is 39.0 Å². The average molecular weight is 236 g/mol. The minimum absolute atomic E-state index is 0.145. The van der Waals surface area contributed by atoms with Gasteiger partial charge in [-0.1, -0.05) is 12.1 Å². The van der Waals surface area contributed by atoms with Gasteiger partial charge in [-0.05, 0) is 38.5 Å². The van der Waals surface area contributed by atoms with Gasteiger partial charge in [0, 0.05) is 0 Å². The molecule has 0 unspecified atom stereocenters. The molecule has 1 aromatic rings. The molecule has 0 saturated carbocycles. The van der Waals surface area contributed by atoms with Crippen molar-refractivity contribution in [2.45, 2.75) is 26.4 Å². The second kappa shape index (κ2) is 5.34. The number of phenolic OH excluding ortho intramolecular Hbond substituents is 1. The third-order valence-corrected chi connectivity index (χ3v) is 1.64. The number of hydrogen-bond donors (Lipinski definition) is 2. The molecule has 0 aliphatic carbocycles. The van der Waals surface area contributed by atoms with E-state index in [4.69, 9.17) is 4.74 Å². The van der Waals surface area contributed by atoms with Crippen molar-refractivity contribution >= 4 is 12.3 Å². The molecule has 0 fully saturated rings. The summed E-state index contributed by atoms with van der Waals surface area (Å²) in [5.74, 6) is 0.145. The number of benzene rings is 1. The van der Waals surface area contributed by atoms with Crippen molar-refractivity contribution in [2.75, 3.05) is 0 Å². The standard InChI is InChI=1S/C12H16N2O3/c1-12(2,3)17-11(16)14-13-8-9-5-4-6-10(15)7-9/h4-8,15H,1-3H3,(H,14,16)/b13-8+. The summed E-state index contributed by atoms with van der Waals surface area (Å²) in [5, 5.41) is 12.9. The third kappa shape index (κ3) is 5.55. The molecule has 0 saturated heterocycles. The van der Waals surface area contributed by atoms with E-state index in [0.29, 0.717) is 5.56 Å². The van der Waals surface area contributed by atoms with Crippen molar-refractivity contribution in [3.63, 3.8) is 0 Å². The van der Waals surface area contributed by atoms with Crippen molar-refractivity contribution < 1.29 is 14.6 Å². The van der Waals surface area contributed by atoms with Crippen LogP contribution < -0.4 is 5.43 Å². The van der Waals surface area contributed by atoms with Gasteiger partial charge >= 0.3 is 6.09 Å². The quantitative estimate of drug-likeness (QED) is 0.611. The van der Waals surface area contributed by atoms with Gasteiger partial charge in [0.2, 0.25) is 0 Å². The summed E-state index contributed by atoms with van der Waals surface area (Å²) in [7, 11) is 0. The van der Waals surface area contributed by atoms with E-state index in [9.17, 15) is 9.90 Å². The highest BCUT2D eigenvalue weighted by Crippen LogP contribution is 2.09. The van der Waals surface area contributed by atoms with E-state index in [2.05, 4.69) is 10.5 Å². The minimum Gasteiger partial charge on any atom is -0.508 e. The van der Waals surface area contributed by atoms with Crippen molar-refractivity contribution in [3.05, 3.63) is 29.8 Å². The van der Waals surface area contributed by atoms with Crippen LogP contribution in [0.25, 0.3) is 0 Å². The summed E-state index contributed by atoms with van der Waals surface area (Å²) >= 11 is 0. The smallest absolute Gasteiger partial charge is 0.428 e. The molecule has 5 nitrogen and oxygen atoms in total. The lowest BCUT2D eigenvalue weighted by molar-refractivity contribution is 0.0529. The van der Waals surface area contributed by atoms with Crippen molar-refractivity contribution in [3.8, 4) is 5.75 Å². The summed E-state index contributed by atoms with van der Waals surface area (Å²) < 4.78 is 4.99. The van der Waals surface area contributed by atoms with Gasteiger partial charge < -0.3 is 9.84 Å². The molecular weight excluding hydrogens is 220 g/mol. The average Bonchev–Trinajstić information content (AvgIpc) is 2.14. The molecular formula is C12H16N2O3. The van der Waals surface area contributed by atoms with Crippen LogP contribution in [0.4, 0.5) is 4.79 Å². The third-order valence-electron chi connectivity index (χ3n) is 1.64. The molecule has 17 heavy (non-hydrogen) atoms. The topological polar surface area (TPSA) is 70.9 Å². The minimum atomic E-state index is -0.617. The van der Waals surface area contributed by atoms with E-state index >= 15 is 0 Å². The van der Waals surface area contributed by atoms with Crippen LogP contribution in [0, 0.1) is 0 Å². The van der Waals surface area contributed by atoms with E-state index in [1.807, 2.05) is 0 Å². The lowest BCUT2D eigenvalue weighted by Gasteiger charge is -2.18. The molecule has 1 rings (SSSR count). The maximum absolute atomic E-state index is 11.2. The Morgan fingerprint density at radius 1 is 1.47 bits per heavy atom. The molecule has 1 amide bonds. The number of ether oxygens (including phenoxy) is 1. The molecule has 0 aromatic heterocycles. The fraction of sp³-hybridized carbons (Fsp3) is 0.333. The van der Waals surface area contributed by atoms with Crippen LogP contribution in [0.15, 0.2) is 29.4 Å². The number of carbonyl (C=O) groups excluding carboxylic acids is 1. The second-order valence-corrected chi connectivity index (χ2v) is 4.47. The monoisotopic (exact) mass is 236 g/mol. The summed E-state index contributed by atoms with van der Waals surface area (Å²) in [4.78, 5) is 11.2. The molecule has 5 heteroatoms. The Morgan fingerprint density at radius 3 is 2.76 bits per heavy atom. The zero-order chi connectivity index (χ0) is 12.9. The molecule has 0 aliphatic rings. The molecule has 0 bridgehead atoms. The van der Waals surface area contributed by atoms with Gasteiger partial charge in [-0.2, -0.15) is 5.10 Å². The van der Waals surface area contributed by atoms with E-state index < -0.39 is 11.7 Å². The summed E-state index contributed by atoms with van der Waals surface area (Å²) in [6.07, 6.45) is 0.804. The Balaban J connectivity index is 2.48. The summed E-state index contributed by atoms with van der Waals surface area (Å²) in [6, 6.07) is 6.52. The number of hydrazone groups is 1.